The molecule has 0 aromatic carbocycles. The second kappa shape index (κ2) is 8.17. The van der Waals surface area contributed by atoms with Gasteiger partial charge < -0.3 is 10.2 Å². The van der Waals surface area contributed by atoms with Crippen molar-refractivity contribution >= 4 is 5.91 Å². The van der Waals surface area contributed by atoms with E-state index in [1.165, 1.54) is 58.2 Å². The number of piperidine rings is 1. The summed E-state index contributed by atoms with van der Waals surface area (Å²) in [6.07, 6.45) is 8.33. The van der Waals surface area contributed by atoms with Crippen LogP contribution in [0.15, 0.2) is 0 Å². The summed E-state index contributed by atoms with van der Waals surface area (Å²) < 4.78 is 0. The van der Waals surface area contributed by atoms with Crippen molar-refractivity contribution in [3.05, 3.63) is 0 Å². The summed E-state index contributed by atoms with van der Waals surface area (Å²) in [5.41, 5.74) is 0. The minimum Gasteiger partial charge on any atom is -0.353 e. The second-order valence-electron chi connectivity index (χ2n) is 7.52. The maximum absolute atomic E-state index is 11.4. The van der Waals surface area contributed by atoms with Crippen LogP contribution in [0, 0.1) is 17.8 Å². The molecule has 1 N–H and O–H groups in total. The van der Waals surface area contributed by atoms with Crippen LogP contribution in [0.1, 0.15) is 65.7 Å². The number of nitrogens with zero attached hydrogens (tertiary/aromatic N) is 1. The minimum absolute atomic E-state index is 0.217. The first kappa shape index (κ1) is 16.8. The second-order valence-corrected chi connectivity index (χ2v) is 7.52. The van der Waals surface area contributed by atoms with Crippen LogP contribution in [0.5, 0.6) is 0 Å². The molecule has 3 heteroatoms. The van der Waals surface area contributed by atoms with E-state index in [9.17, 15) is 4.79 Å². The standard InChI is InChI=1S/C18H34N2O/c1-4-18(21)19-17-7-5-15(6-8-17)13-20-11-9-16(10-12-20)14(2)3/h14-17H,4-13H2,1-3H3,(H,19,21). The van der Waals surface area contributed by atoms with E-state index in [4.69, 9.17) is 0 Å². The number of hydrogen-bond donors (Lipinski definition) is 1. The Bertz CT molecular complexity index is 313. The Labute approximate surface area is 130 Å². The third-order valence-corrected chi connectivity index (χ3v) is 5.62. The Morgan fingerprint density at radius 3 is 2.24 bits per heavy atom. The first-order valence-electron chi connectivity index (χ1n) is 9.10. The predicted octanol–water partition coefficient (Wildman–Crippen LogP) is 3.44. The summed E-state index contributed by atoms with van der Waals surface area (Å²) in [6, 6.07) is 0.445. The fraction of sp³-hybridized carbons (Fsp3) is 0.944. The first-order valence-corrected chi connectivity index (χ1v) is 9.10. The van der Waals surface area contributed by atoms with Crippen LogP contribution in [-0.4, -0.2) is 36.5 Å². The summed E-state index contributed by atoms with van der Waals surface area (Å²) in [5, 5.41) is 3.16. The lowest BCUT2D eigenvalue weighted by molar-refractivity contribution is -0.121. The van der Waals surface area contributed by atoms with Gasteiger partial charge in [0.1, 0.15) is 0 Å². The Hall–Kier alpha value is -0.570. The molecule has 21 heavy (non-hydrogen) atoms. The van der Waals surface area contributed by atoms with E-state index in [-0.39, 0.29) is 5.91 Å². The average molecular weight is 294 g/mol. The molecule has 0 bridgehead atoms. The lowest BCUT2D eigenvalue weighted by Crippen LogP contribution is -2.41. The molecule has 1 amide bonds. The third kappa shape index (κ3) is 5.28. The van der Waals surface area contributed by atoms with Gasteiger partial charge in [0, 0.05) is 19.0 Å². The van der Waals surface area contributed by atoms with Gasteiger partial charge in [0.15, 0.2) is 0 Å². The van der Waals surface area contributed by atoms with Crippen molar-refractivity contribution < 1.29 is 4.79 Å². The highest BCUT2D eigenvalue weighted by molar-refractivity contribution is 5.75. The zero-order chi connectivity index (χ0) is 15.2. The Morgan fingerprint density at radius 2 is 1.71 bits per heavy atom. The number of carbonyl (C=O) groups is 1. The highest BCUT2D eigenvalue weighted by Crippen LogP contribution is 2.28. The van der Waals surface area contributed by atoms with Gasteiger partial charge in [0.2, 0.25) is 5.91 Å². The largest absolute Gasteiger partial charge is 0.353 e. The number of amides is 1. The summed E-state index contributed by atoms with van der Waals surface area (Å²) >= 11 is 0. The molecule has 3 nitrogen and oxygen atoms in total. The van der Waals surface area contributed by atoms with E-state index >= 15 is 0 Å². The van der Waals surface area contributed by atoms with Crippen LogP contribution in [0.4, 0.5) is 0 Å². The highest BCUT2D eigenvalue weighted by atomic mass is 16.1. The molecular formula is C18H34N2O. The van der Waals surface area contributed by atoms with Gasteiger partial charge >= 0.3 is 0 Å². The van der Waals surface area contributed by atoms with Gasteiger partial charge in [-0.25, -0.2) is 0 Å². The predicted molar refractivity (Wildman–Crippen MR) is 88.2 cm³/mol. The molecule has 1 heterocycles. The SMILES string of the molecule is CCC(=O)NC1CCC(CN2CCC(C(C)C)CC2)CC1. The lowest BCUT2D eigenvalue weighted by Gasteiger charge is -2.37. The quantitative estimate of drug-likeness (QED) is 0.842. The maximum atomic E-state index is 11.4. The maximum Gasteiger partial charge on any atom is 0.219 e. The van der Waals surface area contributed by atoms with Crippen LogP contribution in [0.3, 0.4) is 0 Å². The molecule has 0 aromatic rings. The summed E-state index contributed by atoms with van der Waals surface area (Å²) in [7, 11) is 0. The molecule has 0 spiro atoms. The highest BCUT2D eigenvalue weighted by Gasteiger charge is 2.26. The molecule has 0 aromatic heterocycles. The molecule has 1 aliphatic carbocycles. The zero-order valence-electron chi connectivity index (χ0n) is 14.2. The summed E-state index contributed by atoms with van der Waals surface area (Å²) in [6.45, 7) is 10.6. The molecular weight excluding hydrogens is 260 g/mol. The van der Waals surface area contributed by atoms with Crippen molar-refractivity contribution in [2.45, 2.75) is 71.8 Å². The van der Waals surface area contributed by atoms with E-state index in [2.05, 4.69) is 24.1 Å². The van der Waals surface area contributed by atoms with Crippen molar-refractivity contribution in [3.63, 3.8) is 0 Å². The molecule has 1 aliphatic heterocycles. The van der Waals surface area contributed by atoms with Crippen molar-refractivity contribution in [3.8, 4) is 0 Å². The zero-order valence-corrected chi connectivity index (χ0v) is 14.2. The van der Waals surface area contributed by atoms with E-state index in [0.29, 0.717) is 12.5 Å². The van der Waals surface area contributed by atoms with Gasteiger partial charge in [-0.15, -0.1) is 0 Å². The molecule has 2 fully saturated rings. The number of nitrogens with one attached hydrogen (secondary N) is 1. The molecule has 2 rings (SSSR count). The fourth-order valence-corrected chi connectivity index (χ4v) is 3.99. The van der Waals surface area contributed by atoms with Crippen molar-refractivity contribution in [2.75, 3.05) is 19.6 Å². The molecule has 0 atom stereocenters. The molecule has 1 saturated heterocycles. The average Bonchev–Trinajstić information content (AvgIpc) is 2.49. The third-order valence-electron chi connectivity index (χ3n) is 5.62. The Kier molecular flexibility index (Phi) is 6.53. The molecule has 0 unspecified atom stereocenters. The summed E-state index contributed by atoms with van der Waals surface area (Å²) in [5.74, 6) is 2.87. The number of hydrogen-bond acceptors (Lipinski definition) is 2. The van der Waals surface area contributed by atoms with E-state index in [0.717, 1.165) is 17.8 Å². The molecule has 122 valence electrons. The van der Waals surface area contributed by atoms with Gasteiger partial charge in [-0.05, 0) is 69.4 Å². The molecule has 1 saturated carbocycles. The van der Waals surface area contributed by atoms with Crippen LogP contribution in [0.25, 0.3) is 0 Å². The number of rotatable bonds is 5. The van der Waals surface area contributed by atoms with Crippen LogP contribution < -0.4 is 5.32 Å². The van der Waals surface area contributed by atoms with Crippen LogP contribution >= 0.6 is 0 Å². The molecule has 2 aliphatic rings. The molecule has 0 radical (unpaired) electrons. The fourth-order valence-electron chi connectivity index (χ4n) is 3.99. The monoisotopic (exact) mass is 294 g/mol. The normalized spacial score (nSPS) is 28.8. The minimum atomic E-state index is 0.217. The number of likely N-dealkylation sites (tertiary alicyclic amines) is 1. The van der Waals surface area contributed by atoms with Gasteiger partial charge in [-0.2, -0.15) is 0 Å². The van der Waals surface area contributed by atoms with Crippen molar-refractivity contribution in [1.82, 2.24) is 10.2 Å². The van der Waals surface area contributed by atoms with E-state index in [1.54, 1.807) is 0 Å². The lowest BCUT2D eigenvalue weighted by atomic mass is 9.83. The smallest absolute Gasteiger partial charge is 0.219 e. The van der Waals surface area contributed by atoms with E-state index < -0.39 is 0 Å². The van der Waals surface area contributed by atoms with E-state index in [1.807, 2.05) is 6.92 Å². The summed E-state index contributed by atoms with van der Waals surface area (Å²) in [4.78, 5) is 14.1. The van der Waals surface area contributed by atoms with Crippen LogP contribution in [-0.2, 0) is 4.79 Å². The van der Waals surface area contributed by atoms with Crippen molar-refractivity contribution in [2.24, 2.45) is 17.8 Å². The number of carbonyl (C=O) groups excluding carboxylic acids is 1. The topological polar surface area (TPSA) is 32.3 Å². The Balaban J connectivity index is 1.64. The van der Waals surface area contributed by atoms with Crippen LogP contribution in [0.2, 0.25) is 0 Å². The van der Waals surface area contributed by atoms with Gasteiger partial charge in [-0.1, -0.05) is 20.8 Å². The Morgan fingerprint density at radius 1 is 1.10 bits per heavy atom. The van der Waals surface area contributed by atoms with Gasteiger partial charge in [0.05, 0.1) is 0 Å². The van der Waals surface area contributed by atoms with Gasteiger partial charge in [-0.3, -0.25) is 4.79 Å². The van der Waals surface area contributed by atoms with Crippen molar-refractivity contribution in [1.29, 1.82) is 0 Å². The van der Waals surface area contributed by atoms with Gasteiger partial charge in [0.25, 0.3) is 0 Å². The first-order chi connectivity index (χ1) is 10.1.